The number of aromatic amines is 3. The highest BCUT2D eigenvalue weighted by molar-refractivity contribution is 7.89. The molecule has 0 fully saturated rings. The number of aryl methyl sites for hydroxylation is 1. The van der Waals surface area contributed by atoms with Crippen molar-refractivity contribution in [2.45, 2.75) is 18.2 Å². The Kier molecular flexibility index (Phi) is 4.12. The number of rotatable bonds is 5. The van der Waals surface area contributed by atoms with Crippen LogP contribution in [0.4, 0.5) is 0 Å². The predicted octanol–water partition coefficient (Wildman–Crippen LogP) is 0.374. The van der Waals surface area contributed by atoms with E-state index in [0.717, 1.165) is 16.5 Å². The number of benzene rings is 1. The van der Waals surface area contributed by atoms with Crippen molar-refractivity contribution >= 4 is 20.9 Å². The number of para-hydroxylation sites is 1. The van der Waals surface area contributed by atoms with E-state index >= 15 is 0 Å². The zero-order valence-corrected chi connectivity index (χ0v) is 13.7. The maximum absolute atomic E-state index is 12.3. The van der Waals surface area contributed by atoms with Crippen molar-refractivity contribution in [2.24, 2.45) is 0 Å². The Labute approximate surface area is 137 Å². The summed E-state index contributed by atoms with van der Waals surface area (Å²) in [4.78, 5) is 29.8. The molecule has 126 valence electrons. The van der Waals surface area contributed by atoms with Crippen LogP contribution < -0.4 is 16.0 Å². The molecule has 0 spiro atoms. The van der Waals surface area contributed by atoms with E-state index in [9.17, 15) is 18.0 Å². The second-order valence-electron chi connectivity index (χ2n) is 5.37. The molecule has 9 heteroatoms. The molecule has 24 heavy (non-hydrogen) atoms. The molecule has 2 aromatic heterocycles. The molecule has 0 atom stereocenters. The van der Waals surface area contributed by atoms with Crippen LogP contribution in [0.1, 0.15) is 11.3 Å². The number of fused-ring (bicyclic) bond motifs is 1. The van der Waals surface area contributed by atoms with Crippen molar-refractivity contribution in [3.05, 3.63) is 62.6 Å². The molecule has 3 rings (SSSR count). The van der Waals surface area contributed by atoms with Crippen LogP contribution in [0.15, 0.2) is 44.9 Å². The van der Waals surface area contributed by atoms with Gasteiger partial charge in [0.15, 0.2) is 4.90 Å². The number of nitrogens with one attached hydrogen (secondary N) is 4. The highest BCUT2D eigenvalue weighted by atomic mass is 32.2. The van der Waals surface area contributed by atoms with Crippen LogP contribution >= 0.6 is 0 Å². The number of sulfonamides is 1. The van der Waals surface area contributed by atoms with Crippen LogP contribution in [0, 0.1) is 6.92 Å². The van der Waals surface area contributed by atoms with Gasteiger partial charge in [-0.3, -0.25) is 9.78 Å². The molecule has 3 aromatic rings. The Morgan fingerprint density at radius 2 is 1.88 bits per heavy atom. The lowest BCUT2D eigenvalue weighted by atomic mass is 10.1. The maximum atomic E-state index is 12.3. The summed E-state index contributed by atoms with van der Waals surface area (Å²) < 4.78 is 27.0. The van der Waals surface area contributed by atoms with Gasteiger partial charge in [0.1, 0.15) is 0 Å². The third kappa shape index (κ3) is 3.03. The average molecular weight is 348 g/mol. The molecular formula is C15H16N4O4S. The highest BCUT2D eigenvalue weighted by Crippen LogP contribution is 2.17. The van der Waals surface area contributed by atoms with Gasteiger partial charge in [0.25, 0.3) is 5.56 Å². The van der Waals surface area contributed by atoms with Crippen molar-refractivity contribution in [2.75, 3.05) is 6.54 Å². The lowest BCUT2D eigenvalue weighted by Crippen LogP contribution is -2.35. The fraction of sp³-hybridized carbons (Fsp3) is 0.200. The summed E-state index contributed by atoms with van der Waals surface area (Å²) in [6, 6.07) is 7.71. The van der Waals surface area contributed by atoms with Gasteiger partial charge in [-0.1, -0.05) is 18.2 Å². The van der Waals surface area contributed by atoms with Crippen LogP contribution in [0.3, 0.4) is 0 Å². The standard InChI is InChI=1S/C15H16N4O4S/c1-9-13(14(20)19-15(21)18-9)24(22,23)17-7-6-10-8-16-12-5-3-2-4-11(10)12/h2-5,8,16-17H,6-7H2,1H3,(H2,18,19,20,21). The first-order valence-electron chi connectivity index (χ1n) is 7.26. The summed E-state index contributed by atoms with van der Waals surface area (Å²) in [5.74, 6) is 0. The van der Waals surface area contributed by atoms with E-state index in [-0.39, 0.29) is 12.2 Å². The fourth-order valence-corrected chi connectivity index (χ4v) is 3.91. The second kappa shape index (κ2) is 6.10. The molecule has 0 saturated carbocycles. The highest BCUT2D eigenvalue weighted by Gasteiger charge is 2.21. The molecule has 8 nitrogen and oxygen atoms in total. The van der Waals surface area contributed by atoms with E-state index in [4.69, 9.17) is 0 Å². The lowest BCUT2D eigenvalue weighted by molar-refractivity contribution is 0.578. The number of hydrogen-bond acceptors (Lipinski definition) is 4. The predicted molar refractivity (Wildman–Crippen MR) is 89.6 cm³/mol. The molecule has 0 saturated heterocycles. The van der Waals surface area contributed by atoms with E-state index in [1.165, 1.54) is 6.92 Å². The first-order chi connectivity index (χ1) is 11.4. The first-order valence-corrected chi connectivity index (χ1v) is 8.74. The molecule has 0 aliphatic heterocycles. The van der Waals surface area contributed by atoms with E-state index in [0.29, 0.717) is 6.42 Å². The molecule has 0 unspecified atom stereocenters. The third-order valence-corrected chi connectivity index (χ3v) is 5.32. The topological polar surface area (TPSA) is 128 Å². The molecule has 4 N–H and O–H groups in total. The summed E-state index contributed by atoms with van der Waals surface area (Å²) in [6.07, 6.45) is 2.29. The smallest absolute Gasteiger partial charge is 0.325 e. The SMILES string of the molecule is Cc1[nH]c(=O)[nH]c(=O)c1S(=O)(=O)NCCc1c[nH]c2ccccc12. The third-order valence-electron chi connectivity index (χ3n) is 3.70. The number of hydrogen-bond donors (Lipinski definition) is 4. The molecule has 0 aliphatic carbocycles. The zero-order chi connectivity index (χ0) is 17.3. The first kappa shape index (κ1) is 16.2. The Balaban J connectivity index is 1.79. The van der Waals surface area contributed by atoms with Gasteiger partial charge in [0, 0.05) is 29.3 Å². The Morgan fingerprint density at radius 3 is 2.62 bits per heavy atom. The monoisotopic (exact) mass is 348 g/mol. The van der Waals surface area contributed by atoms with E-state index in [2.05, 4.69) is 14.7 Å². The molecule has 0 amide bonds. The van der Waals surface area contributed by atoms with Crippen LogP contribution in [0.25, 0.3) is 10.9 Å². The van der Waals surface area contributed by atoms with Gasteiger partial charge in [0.05, 0.1) is 0 Å². The number of aromatic nitrogens is 3. The van der Waals surface area contributed by atoms with Crippen molar-refractivity contribution in [1.82, 2.24) is 19.7 Å². The van der Waals surface area contributed by atoms with E-state index < -0.39 is 26.2 Å². The molecule has 1 aromatic carbocycles. The minimum atomic E-state index is -4.02. The van der Waals surface area contributed by atoms with Crippen molar-refractivity contribution in [3.63, 3.8) is 0 Å². The molecule has 0 radical (unpaired) electrons. The summed E-state index contributed by atoms with van der Waals surface area (Å²) >= 11 is 0. The molecule has 0 bridgehead atoms. The van der Waals surface area contributed by atoms with Gasteiger partial charge in [-0.25, -0.2) is 17.9 Å². The maximum Gasteiger partial charge on any atom is 0.325 e. The Hall–Kier alpha value is -2.65. The number of H-pyrrole nitrogens is 3. The van der Waals surface area contributed by atoms with Crippen molar-refractivity contribution in [1.29, 1.82) is 0 Å². The average Bonchev–Trinajstić information content (AvgIpc) is 2.89. The minimum Gasteiger partial charge on any atom is -0.361 e. The van der Waals surface area contributed by atoms with Gasteiger partial charge in [-0.2, -0.15) is 0 Å². The van der Waals surface area contributed by atoms with Crippen molar-refractivity contribution < 1.29 is 8.42 Å². The summed E-state index contributed by atoms with van der Waals surface area (Å²) in [5, 5.41) is 1.02. The molecule has 2 heterocycles. The van der Waals surface area contributed by atoms with Gasteiger partial charge in [0.2, 0.25) is 10.0 Å². The summed E-state index contributed by atoms with van der Waals surface area (Å²) in [6.45, 7) is 1.49. The van der Waals surface area contributed by atoms with Crippen LogP contribution in [-0.2, 0) is 16.4 Å². The van der Waals surface area contributed by atoms with Gasteiger partial charge < -0.3 is 9.97 Å². The Bertz CT molecular complexity index is 1110. The van der Waals surface area contributed by atoms with E-state index in [1.54, 1.807) is 0 Å². The second-order valence-corrected chi connectivity index (χ2v) is 7.07. The van der Waals surface area contributed by atoms with Crippen LogP contribution in [-0.4, -0.2) is 29.9 Å². The lowest BCUT2D eigenvalue weighted by Gasteiger charge is -2.07. The van der Waals surface area contributed by atoms with Crippen LogP contribution in [0.5, 0.6) is 0 Å². The Morgan fingerprint density at radius 1 is 1.12 bits per heavy atom. The van der Waals surface area contributed by atoms with Gasteiger partial charge in [-0.15, -0.1) is 0 Å². The normalized spacial score (nSPS) is 11.9. The fourth-order valence-electron chi connectivity index (χ4n) is 2.64. The molecular weight excluding hydrogens is 332 g/mol. The quantitative estimate of drug-likeness (QED) is 0.531. The van der Waals surface area contributed by atoms with Gasteiger partial charge in [-0.05, 0) is 25.0 Å². The largest absolute Gasteiger partial charge is 0.361 e. The van der Waals surface area contributed by atoms with E-state index in [1.807, 2.05) is 35.4 Å². The minimum absolute atomic E-state index is 0.00310. The molecule has 0 aliphatic rings. The zero-order valence-electron chi connectivity index (χ0n) is 12.8. The van der Waals surface area contributed by atoms with Gasteiger partial charge >= 0.3 is 5.69 Å². The summed E-state index contributed by atoms with van der Waals surface area (Å²) in [5.41, 5.74) is 0.276. The summed E-state index contributed by atoms with van der Waals surface area (Å²) in [7, 11) is -4.02. The van der Waals surface area contributed by atoms with Crippen LogP contribution in [0.2, 0.25) is 0 Å². The van der Waals surface area contributed by atoms with Crippen molar-refractivity contribution in [3.8, 4) is 0 Å².